The molecule has 0 radical (unpaired) electrons. The predicted molar refractivity (Wildman–Crippen MR) is 119 cm³/mol. The summed E-state index contributed by atoms with van der Waals surface area (Å²) in [5, 5.41) is 9.53. The molecule has 0 aliphatic rings. The minimum absolute atomic E-state index is 0.0295. The lowest BCUT2D eigenvalue weighted by Crippen LogP contribution is -2.18. The Kier molecular flexibility index (Phi) is 7.36. The van der Waals surface area contributed by atoms with Crippen molar-refractivity contribution in [3.63, 3.8) is 0 Å². The molecule has 0 amide bonds. The third kappa shape index (κ3) is 6.13. The van der Waals surface area contributed by atoms with E-state index in [1.54, 1.807) is 12.1 Å². The summed E-state index contributed by atoms with van der Waals surface area (Å²) in [4.78, 5) is 24.2. The van der Waals surface area contributed by atoms with Crippen LogP contribution in [0.2, 0.25) is 0 Å². The van der Waals surface area contributed by atoms with E-state index < -0.39 is 11.9 Å². The van der Waals surface area contributed by atoms with Gasteiger partial charge in [-0.1, -0.05) is 82.7 Å². The smallest absolute Gasteiger partial charge is 0.306 e. The lowest BCUT2D eigenvalue weighted by molar-refractivity contribution is -0.141. The number of carboxylic acid groups (broad SMARTS) is 1. The molecule has 1 atom stereocenters. The molecule has 3 rings (SSSR count). The quantitative estimate of drug-likeness (QED) is 0.383. The van der Waals surface area contributed by atoms with Gasteiger partial charge in [-0.15, -0.1) is 0 Å². The van der Waals surface area contributed by atoms with E-state index in [0.717, 1.165) is 28.4 Å². The number of rotatable bonds is 9. The molecular weight excluding hydrogens is 428 g/mol. The number of benzene rings is 3. The Balaban J connectivity index is 1.59. The fourth-order valence-corrected chi connectivity index (χ4v) is 3.61. The van der Waals surface area contributed by atoms with Gasteiger partial charge in [-0.05, 0) is 48.1 Å². The molecule has 3 nitrogen and oxygen atoms in total. The van der Waals surface area contributed by atoms with Crippen LogP contribution in [0.3, 0.4) is 0 Å². The Labute approximate surface area is 179 Å². The second-order valence-electron chi connectivity index (χ2n) is 7.12. The summed E-state index contributed by atoms with van der Waals surface area (Å²) in [5.74, 6) is -1.69. The van der Waals surface area contributed by atoms with E-state index in [4.69, 9.17) is 0 Å². The van der Waals surface area contributed by atoms with Gasteiger partial charge in [0.15, 0.2) is 5.78 Å². The number of halogens is 1. The number of carboxylic acids is 1. The van der Waals surface area contributed by atoms with Gasteiger partial charge in [-0.25, -0.2) is 0 Å². The summed E-state index contributed by atoms with van der Waals surface area (Å²) in [5.41, 5.74) is 3.83. The van der Waals surface area contributed by atoms with Crippen LogP contribution in [-0.4, -0.2) is 16.9 Å². The molecule has 0 aliphatic carbocycles. The Morgan fingerprint density at radius 2 is 1.41 bits per heavy atom. The van der Waals surface area contributed by atoms with Gasteiger partial charge >= 0.3 is 5.97 Å². The van der Waals surface area contributed by atoms with Crippen LogP contribution >= 0.6 is 15.9 Å². The molecule has 0 spiro atoms. The summed E-state index contributed by atoms with van der Waals surface area (Å²) in [6.07, 6.45) is 2.09. The van der Waals surface area contributed by atoms with E-state index in [-0.39, 0.29) is 12.2 Å². The van der Waals surface area contributed by atoms with Crippen LogP contribution in [0.15, 0.2) is 83.3 Å². The zero-order valence-electron chi connectivity index (χ0n) is 16.1. The number of aryl methyl sites for hydroxylation is 1. The van der Waals surface area contributed by atoms with Crippen molar-refractivity contribution in [1.82, 2.24) is 0 Å². The van der Waals surface area contributed by atoms with Crippen molar-refractivity contribution in [1.29, 1.82) is 0 Å². The first-order chi connectivity index (χ1) is 14.0. The molecule has 29 heavy (non-hydrogen) atoms. The van der Waals surface area contributed by atoms with E-state index in [1.807, 2.05) is 66.7 Å². The van der Waals surface area contributed by atoms with E-state index in [9.17, 15) is 14.7 Å². The predicted octanol–water partition coefficient (Wildman–Crippen LogP) is 6.41. The first kappa shape index (κ1) is 21.0. The Hall–Kier alpha value is -2.72. The number of ketones is 1. The number of hydrogen-bond acceptors (Lipinski definition) is 2. The van der Waals surface area contributed by atoms with Crippen molar-refractivity contribution in [3.05, 3.63) is 94.5 Å². The fraction of sp³-hybridized carbons (Fsp3) is 0.200. The molecule has 3 aromatic rings. The van der Waals surface area contributed by atoms with Crippen molar-refractivity contribution >= 4 is 27.7 Å². The summed E-state index contributed by atoms with van der Waals surface area (Å²) in [7, 11) is 0. The minimum Gasteiger partial charge on any atom is -0.481 e. The average molecular weight is 451 g/mol. The van der Waals surface area contributed by atoms with Crippen LogP contribution in [0.5, 0.6) is 0 Å². The highest BCUT2D eigenvalue weighted by Gasteiger charge is 2.21. The van der Waals surface area contributed by atoms with Crippen LogP contribution in [0, 0.1) is 5.92 Å². The molecular formula is C25H23BrO3. The second-order valence-corrected chi connectivity index (χ2v) is 8.04. The topological polar surface area (TPSA) is 54.4 Å². The molecule has 0 fully saturated rings. The standard InChI is InChI=1S/C25H23BrO3/c26-23-15-13-20(14-16-23)19-9-11-21(12-10-19)24(27)17-22(25(28)29)8-4-7-18-5-2-1-3-6-18/h1-3,5-6,9-16,22H,4,7-8,17H2,(H,28,29)/t22-/m0/s1. The number of carbonyl (C=O) groups excluding carboxylic acids is 1. The molecule has 0 saturated carbocycles. The van der Waals surface area contributed by atoms with Gasteiger partial charge in [-0.3, -0.25) is 9.59 Å². The number of carbonyl (C=O) groups is 2. The molecule has 3 aromatic carbocycles. The van der Waals surface area contributed by atoms with Crippen molar-refractivity contribution < 1.29 is 14.7 Å². The van der Waals surface area contributed by atoms with Gasteiger partial charge in [0, 0.05) is 16.5 Å². The molecule has 1 N–H and O–H groups in total. The monoisotopic (exact) mass is 450 g/mol. The van der Waals surface area contributed by atoms with Gasteiger partial charge in [0.1, 0.15) is 0 Å². The molecule has 0 aliphatic heterocycles. The van der Waals surface area contributed by atoms with Crippen LogP contribution < -0.4 is 0 Å². The third-order valence-corrected chi connectivity index (χ3v) is 5.55. The van der Waals surface area contributed by atoms with Crippen LogP contribution in [-0.2, 0) is 11.2 Å². The highest BCUT2D eigenvalue weighted by atomic mass is 79.9. The highest BCUT2D eigenvalue weighted by molar-refractivity contribution is 9.10. The van der Waals surface area contributed by atoms with E-state index in [2.05, 4.69) is 15.9 Å². The zero-order chi connectivity index (χ0) is 20.6. The molecule has 0 aromatic heterocycles. The number of Topliss-reactive ketones (excluding diaryl/α,β-unsaturated/α-hetero) is 1. The first-order valence-electron chi connectivity index (χ1n) is 9.69. The molecule has 0 bridgehead atoms. The van der Waals surface area contributed by atoms with Gasteiger partial charge in [0.05, 0.1) is 5.92 Å². The SMILES string of the molecule is O=C(C[C@H](CCCc1ccccc1)C(=O)O)c1ccc(-c2ccc(Br)cc2)cc1. The van der Waals surface area contributed by atoms with Crippen molar-refractivity contribution in [2.45, 2.75) is 25.7 Å². The Morgan fingerprint density at radius 3 is 2.00 bits per heavy atom. The Morgan fingerprint density at radius 1 is 0.828 bits per heavy atom. The normalized spacial score (nSPS) is 11.8. The molecule has 148 valence electrons. The summed E-state index contributed by atoms with van der Waals surface area (Å²) in [6, 6.07) is 25.3. The molecule has 0 saturated heterocycles. The van der Waals surface area contributed by atoms with Crippen molar-refractivity contribution in [2.24, 2.45) is 5.92 Å². The largest absolute Gasteiger partial charge is 0.481 e. The maximum atomic E-state index is 12.6. The van der Waals surface area contributed by atoms with Crippen LogP contribution in [0.25, 0.3) is 11.1 Å². The Bertz CT molecular complexity index is 948. The van der Waals surface area contributed by atoms with Gasteiger partial charge in [0.25, 0.3) is 0 Å². The highest BCUT2D eigenvalue weighted by Crippen LogP contribution is 2.23. The van der Waals surface area contributed by atoms with E-state index in [0.29, 0.717) is 12.0 Å². The van der Waals surface area contributed by atoms with E-state index >= 15 is 0 Å². The lowest BCUT2D eigenvalue weighted by Gasteiger charge is -2.12. The summed E-state index contributed by atoms with van der Waals surface area (Å²) < 4.78 is 1.01. The van der Waals surface area contributed by atoms with Gasteiger partial charge in [0.2, 0.25) is 0 Å². The fourth-order valence-electron chi connectivity index (χ4n) is 3.34. The first-order valence-corrected chi connectivity index (χ1v) is 10.5. The summed E-state index contributed by atoms with van der Waals surface area (Å²) >= 11 is 3.42. The molecule has 0 heterocycles. The maximum absolute atomic E-state index is 12.6. The third-order valence-electron chi connectivity index (χ3n) is 5.03. The maximum Gasteiger partial charge on any atom is 0.306 e. The number of hydrogen-bond donors (Lipinski definition) is 1. The van der Waals surface area contributed by atoms with Crippen molar-refractivity contribution in [2.75, 3.05) is 0 Å². The van der Waals surface area contributed by atoms with Gasteiger partial charge in [-0.2, -0.15) is 0 Å². The molecule has 4 heteroatoms. The van der Waals surface area contributed by atoms with Gasteiger partial charge < -0.3 is 5.11 Å². The number of aliphatic carboxylic acids is 1. The average Bonchev–Trinajstić information content (AvgIpc) is 2.74. The molecule has 0 unspecified atom stereocenters. The zero-order valence-corrected chi connectivity index (χ0v) is 17.6. The van der Waals surface area contributed by atoms with E-state index in [1.165, 1.54) is 5.56 Å². The van der Waals surface area contributed by atoms with Crippen LogP contribution in [0.1, 0.15) is 35.2 Å². The summed E-state index contributed by atoms with van der Waals surface area (Å²) in [6.45, 7) is 0. The second kappa shape index (κ2) is 10.2. The van der Waals surface area contributed by atoms with Crippen molar-refractivity contribution in [3.8, 4) is 11.1 Å². The lowest BCUT2D eigenvalue weighted by atomic mass is 9.92. The van der Waals surface area contributed by atoms with Crippen LogP contribution in [0.4, 0.5) is 0 Å². The minimum atomic E-state index is -0.905.